The molecule has 0 aliphatic heterocycles. The standard InChI is InChI=1S/C97H162O16P2/c1-4-7-10-13-16-19-22-25-28-31-33-35-37-39-41-43-45-47-49-51-53-55-57-60-62-65-68-71-74-77-80-83-95(100)107-86-92(98)87-109-114(103,104)110-88-93(99)89-111-115(105,106)112-91-94(113-97(102)85-82-79-76-73-70-67-64-59-30-27-24-21-18-15-12-9-6-3)90-108-96(101)84-81-78-75-72-69-66-63-61-58-56-54-52-50-48-46-44-42-40-38-36-34-32-29-26-23-20-17-14-11-8-5-2/h7-12,16-21,25-30,33-36,39-42,45,47,64,67,92-94,98-99H,4-6,13-15,22-24,31-32,37-38,43-44,46,48-63,65-66,68-91H2,1-3H3,(H,103,104)(H,105,106)/b10-7-,11-8-,12-9-,19-16-,20-17-,21-18-,28-25-,29-26-,30-27-,35-33-,36-34-,41-39-,42-40-,47-45-,67-64-. The molecule has 18 heteroatoms. The SMILES string of the molecule is CC/C=C\C/C=C\C/C=C\C/C=C\C/C=C\C/C=C\CCCCCCCCCCCCCCC(=O)OCC(O)COP(=O)(O)OCC(O)COP(=O)(O)OCC(COC(=O)CCCCCCCCCCCCCCCCC/C=C\C/C=C\C/C=C\C/C=C\C/C=C\CC)OC(=O)CCCCCC/C=C\C/C=C\C/C=C\C/C=C\CC. The molecule has 5 atom stereocenters. The fourth-order valence-electron chi connectivity index (χ4n) is 11.9. The van der Waals surface area contributed by atoms with Crippen LogP contribution in [0.25, 0.3) is 0 Å². The van der Waals surface area contributed by atoms with Crippen LogP contribution >= 0.6 is 15.6 Å². The number of ether oxygens (including phenoxy) is 3. The minimum atomic E-state index is -4.95. The second-order valence-electron chi connectivity index (χ2n) is 29.6. The third-order valence-electron chi connectivity index (χ3n) is 18.6. The van der Waals surface area contributed by atoms with E-state index >= 15 is 0 Å². The topological polar surface area (TPSA) is 231 Å². The molecule has 0 spiro atoms. The van der Waals surface area contributed by atoms with Crippen molar-refractivity contribution in [1.82, 2.24) is 0 Å². The Hall–Kier alpha value is -5.35. The number of carbonyl (C=O) groups is 3. The summed E-state index contributed by atoms with van der Waals surface area (Å²) in [6.45, 7) is 2.33. The number of phosphoric ester groups is 2. The summed E-state index contributed by atoms with van der Waals surface area (Å²) in [5.41, 5.74) is 0. The highest BCUT2D eigenvalue weighted by Gasteiger charge is 2.29. The molecular formula is C97H162O16P2. The summed E-state index contributed by atoms with van der Waals surface area (Å²) >= 11 is 0. The van der Waals surface area contributed by atoms with Crippen molar-refractivity contribution in [2.45, 2.75) is 373 Å². The summed E-state index contributed by atoms with van der Waals surface area (Å²) in [7, 11) is -9.82. The lowest BCUT2D eigenvalue weighted by atomic mass is 10.0. The molecule has 0 saturated heterocycles. The number of rotatable bonds is 84. The molecule has 656 valence electrons. The molecule has 0 bridgehead atoms. The van der Waals surface area contributed by atoms with Gasteiger partial charge >= 0.3 is 33.6 Å². The zero-order valence-corrected chi connectivity index (χ0v) is 73.9. The van der Waals surface area contributed by atoms with Gasteiger partial charge < -0.3 is 34.2 Å². The van der Waals surface area contributed by atoms with Gasteiger partial charge in [0.2, 0.25) is 0 Å². The van der Waals surface area contributed by atoms with E-state index in [2.05, 4.69) is 203 Å². The van der Waals surface area contributed by atoms with Gasteiger partial charge in [0.05, 0.1) is 26.4 Å². The van der Waals surface area contributed by atoms with Crippen molar-refractivity contribution in [3.05, 3.63) is 182 Å². The molecule has 16 nitrogen and oxygen atoms in total. The number of hydrogen-bond acceptors (Lipinski definition) is 14. The Morgan fingerprint density at radius 3 is 0.687 bits per heavy atom. The van der Waals surface area contributed by atoms with Gasteiger partial charge in [-0.3, -0.25) is 32.5 Å². The largest absolute Gasteiger partial charge is 0.472 e. The molecule has 5 unspecified atom stereocenters. The molecule has 4 N–H and O–H groups in total. The Morgan fingerprint density at radius 2 is 0.435 bits per heavy atom. The predicted molar refractivity (Wildman–Crippen MR) is 481 cm³/mol. The molecule has 0 radical (unpaired) electrons. The molecule has 0 rings (SSSR count). The maximum atomic E-state index is 13.0. The molecule has 0 amide bonds. The second-order valence-corrected chi connectivity index (χ2v) is 32.5. The van der Waals surface area contributed by atoms with E-state index in [9.17, 15) is 43.5 Å². The number of aliphatic hydroxyl groups excluding tert-OH is 2. The van der Waals surface area contributed by atoms with E-state index in [1.54, 1.807) is 0 Å². The molecule has 0 aromatic rings. The van der Waals surface area contributed by atoms with Crippen molar-refractivity contribution >= 4 is 33.6 Å². The van der Waals surface area contributed by atoms with Crippen molar-refractivity contribution in [1.29, 1.82) is 0 Å². The lowest BCUT2D eigenvalue weighted by Crippen LogP contribution is -2.30. The Balaban J connectivity index is 4.54. The lowest BCUT2D eigenvalue weighted by molar-refractivity contribution is -0.161. The molecule has 0 heterocycles. The second kappa shape index (κ2) is 87.9. The fraction of sp³-hybridized carbons (Fsp3) is 0.660. The summed E-state index contributed by atoms with van der Waals surface area (Å²) in [5, 5.41) is 20.7. The summed E-state index contributed by atoms with van der Waals surface area (Å²) < 4.78 is 61.4. The van der Waals surface area contributed by atoms with Crippen LogP contribution in [0.1, 0.15) is 355 Å². The molecule has 0 aliphatic carbocycles. The number of carbonyl (C=O) groups excluding carboxylic acids is 3. The third-order valence-corrected chi connectivity index (χ3v) is 20.5. The molecule has 0 aromatic carbocycles. The van der Waals surface area contributed by atoms with Crippen LogP contribution in [-0.4, -0.2) is 95.9 Å². The minimum Gasteiger partial charge on any atom is -0.463 e. The first-order valence-corrected chi connectivity index (χ1v) is 48.1. The maximum Gasteiger partial charge on any atom is 0.472 e. The van der Waals surface area contributed by atoms with Crippen molar-refractivity contribution in [3.8, 4) is 0 Å². The zero-order chi connectivity index (χ0) is 83.6. The predicted octanol–water partition coefficient (Wildman–Crippen LogP) is 27.7. The van der Waals surface area contributed by atoms with Crippen LogP contribution in [0.15, 0.2) is 182 Å². The van der Waals surface area contributed by atoms with Crippen molar-refractivity contribution in [2.24, 2.45) is 0 Å². The average Bonchev–Trinajstić information content (AvgIpc) is 0.903. The summed E-state index contributed by atoms with van der Waals surface area (Å²) in [4.78, 5) is 58.9. The maximum absolute atomic E-state index is 13.0. The first-order chi connectivity index (χ1) is 56.2. The first-order valence-electron chi connectivity index (χ1n) is 45.1. The first kappa shape index (κ1) is 110. The smallest absolute Gasteiger partial charge is 0.463 e. The molecule has 115 heavy (non-hydrogen) atoms. The van der Waals surface area contributed by atoms with Gasteiger partial charge in [-0.2, -0.15) is 0 Å². The Bertz CT molecular complexity index is 2820. The Labute approximate surface area is 700 Å². The van der Waals surface area contributed by atoms with Gasteiger partial charge in [-0.15, -0.1) is 0 Å². The molecule has 0 fully saturated rings. The van der Waals surface area contributed by atoms with Gasteiger partial charge in [0, 0.05) is 19.3 Å². The highest BCUT2D eigenvalue weighted by molar-refractivity contribution is 7.47. The van der Waals surface area contributed by atoms with Crippen LogP contribution < -0.4 is 0 Å². The highest BCUT2D eigenvalue weighted by Crippen LogP contribution is 2.45. The highest BCUT2D eigenvalue weighted by atomic mass is 31.2. The van der Waals surface area contributed by atoms with Crippen molar-refractivity contribution < 1.29 is 75.8 Å². The van der Waals surface area contributed by atoms with E-state index in [4.69, 9.17) is 32.3 Å². The van der Waals surface area contributed by atoms with E-state index in [0.717, 1.165) is 173 Å². The van der Waals surface area contributed by atoms with Gasteiger partial charge in [-0.05, 0) is 154 Å². The van der Waals surface area contributed by atoms with Gasteiger partial charge in [0.15, 0.2) is 6.10 Å². The number of aliphatic hydroxyl groups is 2. The van der Waals surface area contributed by atoms with Crippen molar-refractivity contribution in [3.63, 3.8) is 0 Å². The van der Waals surface area contributed by atoms with Crippen LogP contribution in [0.3, 0.4) is 0 Å². The van der Waals surface area contributed by atoms with Crippen LogP contribution in [0.4, 0.5) is 0 Å². The monoisotopic (exact) mass is 1650 g/mol. The van der Waals surface area contributed by atoms with Crippen LogP contribution in [0.5, 0.6) is 0 Å². The zero-order valence-electron chi connectivity index (χ0n) is 72.1. The van der Waals surface area contributed by atoms with Crippen LogP contribution in [-0.2, 0) is 55.8 Å². The molecule has 0 aliphatic rings. The Kier molecular flexibility index (Phi) is 83.9. The van der Waals surface area contributed by atoms with Crippen LogP contribution in [0, 0.1) is 0 Å². The fourth-order valence-corrected chi connectivity index (χ4v) is 13.5. The van der Waals surface area contributed by atoms with Gasteiger partial charge in [-0.1, -0.05) is 364 Å². The van der Waals surface area contributed by atoms with Gasteiger partial charge in [0.1, 0.15) is 25.4 Å². The molecule has 0 aromatic heterocycles. The number of allylic oxidation sites excluding steroid dienone is 30. The van der Waals surface area contributed by atoms with E-state index in [1.807, 2.05) is 0 Å². The lowest BCUT2D eigenvalue weighted by Gasteiger charge is -2.21. The Morgan fingerprint density at radius 1 is 0.243 bits per heavy atom. The number of hydrogen-bond donors (Lipinski definition) is 4. The van der Waals surface area contributed by atoms with Gasteiger partial charge in [-0.25, -0.2) is 9.13 Å². The van der Waals surface area contributed by atoms with E-state index in [-0.39, 0.29) is 19.3 Å². The van der Waals surface area contributed by atoms with E-state index in [1.165, 1.54) is 122 Å². The summed E-state index contributed by atoms with van der Waals surface area (Å²) in [6, 6.07) is 0. The van der Waals surface area contributed by atoms with Gasteiger partial charge in [0.25, 0.3) is 0 Å². The number of esters is 3. The number of phosphoric acid groups is 2. The normalized spacial score (nSPS) is 14.7. The summed E-state index contributed by atoms with van der Waals surface area (Å²) in [6.07, 6.45) is 115. The third kappa shape index (κ3) is 89.3. The van der Waals surface area contributed by atoms with E-state index in [0.29, 0.717) is 19.3 Å². The molecular weight excluding hydrogens is 1480 g/mol. The van der Waals surface area contributed by atoms with Crippen molar-refractivity contribution in [2.75, 3.05) is 39.6 Å². The summed E-state index contributed by atoms with van der Waals surface area (Å²) in [5.74, 6) is -1.60. The average molecular weight is 1650 g/mol. The quantitative estimate of drug-likeness (QED) is 0.0146. The number of unbranched alkanes of at least 4 members (excludes halogenated alkanes) is 31. The van der Waals surface area contributed by atoms with Crippen LogP contribution in [0.2, 0.25) is 0 Å². The minimum absolute atomic E-state index is 0.0727. The van der Waals surface area contributed by atoms with E-state index < -0.39 is 91.5 Å². The molecule has 0 saturated carbocycles.